The predicted molar refractivity (Wildman–Crippen MR) is 44.7 cm³/mol. The predicted octanol–water partition coefficient (Wildman–Crippen LogP) is 2.07. The molecule has 0 aromatic heterocycles. The number of hydrogen-bond donors (Lipinski definition) is 1. The number of aliphatic hydroxyl groups is 1. The van der Waals surface area contributed by atoms with Crippen molar-refractivity contribution in [2.45, 2.75) is 12.7 Å². The minimum Gasteiger partial charge on any atom is -0.361 e. The molecule has 12 heavy (non-hydrogen) atoms. The van der Waals surface area contributed by atoms with Crippen molar-refractivity contribution in [1.29, 1.82) is 0 Å². The molecule has 0 aliphatic heterocycles. The van der Waals surface area contributed by atoms with Crippen LogP contribution in [0.4, 0.5) is 0 Å². The van der Waals surface area contributed by atoms with Gasteiger partial charge >= 0.3 is 8.69 Å². The first kappa shape index (κ1) is 9.33. The van der Waals surface area contributed by atoms with E-state index in [-0.39, 0.29) is 0 Å². The lowest BCUT2D eigenvalue weighted by molar-refractivity contribution is -0.121. The Balaban J connectivity index is 2.89. The van der Waals surface area contributed by atoms with Crippen molar-refractivity contribution < 1.29 is 14.2 Å². The molecule has 0 saturated heterocycles. The van der Waals surface area contributed by atoms with Gasteiger partial charge in [-0.1, -0.05) is 30.3 Å². The summed E-state index contributed by atoms with van der Waals surface area (Å²) >= 11 is 0. The van der Waals surface area contributed by atoms with Crippen LogP contribution in [0.15, 0.2) is 30.3 Å². The molecule has 0 radical (unpaired) electrons. The summed E-state index contributed by atoms with van der Waals surface area (Å²) in [6, 6.07) is 8.77. The smallest absolute Gasteiger partial charge is 0.330 e. The van der Waals surface area contributed by atoms with Crippen molar-refractivity contribution in [2.24, 2.45) is 0 Å². The lowest BCUT2D eigenvalue weighted by Crippen LogP contribution is -2.20. The van der Waals surface area contributed by atoms with Crippen LogP contribution in [0.25, 0.3) is 0 Å². The van der Waals surface area contributed by atoms with Crippen molar-refractivity contribution in [3.63, 3.8) is 0 Å². The molecule has 0 heterocycles. The summed E-state index contributed by atoms with van der Waals surface area (Å²) in [4.78, 5) is 0. The van der Waals surface area contributed by atoms with Crippen LogP contribution < -0.4 is 0 Å². The average molecular weight is 184 g/mol. The van der Waals surface area contributed by atoms with E-state index in [1.54, 1.807) is 24.3 Å². The molecule has 1 unspecified atom stereocenters. The lowest BCUT2D eigenvalue weighted by atomic mass is 10.1. The maximum Gasteiger partial charge on any atom is 0.330 e. The molecule has 1 atom stereocenters. The Labute approximate surface area is 72.3 Å². The standard InChI is InChI=1S/C8H9O3P/c1-8(9,11-12-10)7-5-3-2-4-6-7/h2-6,9H,1H3. The molecule has 1 aromatic rings. The third-order valence-electron chi connectivity index (χ3n) is 1.52. The highest BCUT2D eigenvalue weighted by atomic mass is 31.1. The van der Waals surface area contributed by atoms with Crippen LogP contribution in [0.3, 0.4) is 0 Å². The van der Waals surface area contributed by atoms with E-state index in [2.05, 4.69) is 4.52 Å². The first-order valence-electron chi connectivity index (χ1n) is 3.45. The van der Waals surface area contributed by atoms with Crippen LogP contribution >= 0.6 is 8.69 Å². The molecule has 0 aliphatic rings. The summed E-state index contributed by atoms with van der Waals surface area (Å²) < 4.78 is 14.7. The van der Waals surface area contributed by atoms with E-state index in [0.29, 0.717) is 5.56 Å². The zero-order valence-corrected chi connectivity index (χ0v) is 7.49. The van der Waals surface area contributed by atoms with Crippen LogP contribution in [-0.4, -0.2) is 5.11 Å². The Bertz CT molecular complexity index is 258. The van der Waals surface area contributed by atoms with Gasteiger partial charge in [-0.3, -0.25) is 4.52 Å². The third kappa shape index (κ3) is 2.11. The molecule has 1 rings (SSSR count). The highest BCUT2D eigenvalue weighted by Gasteiger charge is 2.23. The van der Waals surface area contributed by atoms with Crippen molar-refractivity contribution in [2.75, 3.05) is 0 Å². The Kier molecular flexibility index (Phi) is 2.93. The molecule has 3 nitrogen and oxygen atoms in total. The van der Waals surface area contributed by atoms with E-state index >= 15 is 0 Å². The fraction of sp³-hybridized carbons (Fsp3) is 0.250. The van der Waals surface area contributed by atoms with Crippen LogP contribution in [0.2, 0.25) is 0 Å². The second-order valence-electron chi connectivity index (χ2n) is 2.51. The molecule has 1 aromatic carbocycles. The van der Waals surface area contributed by atoms with Gasteiger partial charge in [0, 0.05) is 5.56 Å². The van der Waals surface area contributed by atoms with Gasteiger partial charge < -0.3 is 5.11 Å². The van der Waals surface area contributed by atoms with Gasteiger partial charge in [0.1, 0.15) is 0 Å². The second kappa shape index (κ2) is 3.76. The molecule has 4 heteroatoms. The summed E-state index contributed by atoms with van der Waals surface area (Å²) in [5.41, 5.74) is 0.577. The fourth-order valence-electron chi connectivity index (χ4n) is 0.873. The van der Waals surface area contributed by atoms with Gasteiger partial charge in [-0.25, -0.2) is 4.57 Å². The summed E-state index contributed by atoms with van der Waals surface area (Å²) in [5, 5.41) is 9.56. The highest BCUT2D eigenvalue weighted by molar-refractivity contribution is 7.17. The molecular weight excluding hydrogens is 175 g/mol. The highest BCUT2D eigenvalue weighted by Crippen LogP contribution is 2.25. The Morgan fingerprint density at radius 3 is 2.50 bits per heavy atom. The van der Waals surface area contributed by atoms with Crippen LogP contribution in [0, 0.1) is 0 Å². The second-order valence-corrected chi connectivity index (χ2v) is 2.85. The summed E-state index contributed by atoms with van der Waals surface area (Å²) in [6.45, 7) is 1.44. The average Bonchev–Trinajstić information content (AvgIpc) is 2.06. The largest absolute Gasteiger partial charge is 0.361 e. The molecule has 64 valence electrons. The zero-order chi connectivity index (χ0) is 9.03. The molecule has 1 N–H and O–H groups in total. The normalized spacial score (nSPS) is 15.8. The van der Waals surface area contributed by atoms with E-state index in [1.165, 1.54) is 6.92 Å². The number of rotatable bonds is 3. The first-order valence-corrected chi connectivity index (χ1v) is 4.18. The molecule has 0 bridgehead atoms. The van der Waals surface area contributed by atoms with Gasteiger partial charge in [0.25, 0.3) is 0 Å². The molecule has 0 fully saturated rings. The molecule has 0 saturated carbocycles. The van der Waals surface area contributed by atoms with E-state index in [0.717, 1.165) is 0 Å². The third-order valence-corrected chi connectivity index (χ3v) is 1.95. The maximum absolute atomic E-state index is 10.1. The van der Waals surface area contributed by atoms with Crippen LogP contribution in [-0.2, 0) is 14.9 Å². The maximum atomic E-state index is 10.1. The van der Waals surface area contributed by atoms with E-state index in [9.17, 15) is 9.67 Å². The molecule has 0 aliphatic carbocycles. The Hall–Kier alpha value is -0.760. The Morgan fingerprint density at radius 1 is 1.42 bits per heavy atom. The van der Waals surface area contributed by atoms with Crippen molar-refractivity contribution >= 4 is 8.69 Å². The van der Waals surface area contributed by atoms with Gasteiger partial charge in [0.15, 0.2) is 0 Å². The Morgan fingerprint density at radius 2 is 2.00 bits per heavy atom. The number of hydrogen-bond acceptors (Lipinski definition) is 3. The van der Waals surface area contributed by atoms with Crippen molar-refractivity contribution in [3.8, 4) is 0 Å². The van der Waals surface area contributed by atoms with E-state index < -0.39 is 14.5 Å². The van der Waals surface area contributed by atoms with Gasteiger partial charge in [0.2, 0.25) is 5.79 Å². The van der Waals surface area contributed by atoms with Gasteiger partial charge in [-0.05, 0) is 6.92 Å². The summed E-state index contributed by atoms with van der Waals surface area (Å²) in [7, 11) is -0.531. The monoisotopic (exact) mass is 184 g/mol. The van der Waals surface area contributed by atoms with Crippen LogP contribution in [0.1, 0.15) is 12.5 Å². The minimum absolute atomic E-state index is 0.531. The van der Waals surface area contributed by atoms with E-state index in [4.69, 9.17) is 0 Å². The summed E-state index contributed by atoms with van der Waals surface area (Å²) in [6.07, 6.45) is 0. The summed E-state index contributed by atoms with van der Waals surface area (Å²) in [5.74, 6) is -1.48. The molecule has 0 spiro atoms. The molecular formula is C8H9O3P. The molecule has 0 amide bonds. The van der Waals surface area contributed by atoms with Gasteiger partial charge in [-0.2, -0.15) is 0 Å². The first-order chi connectivity index (χ1) is 5.67. The lowest BCUT2D eigenvalue weighted by Gasteiger charge is -2.19. The topological polar surface area (TPSA) is 46.5 Å². The van der Waals surface area contributed by atoms with Gasteiger partial charge in [-0.15, -0.1) is 0 Å². The van der Waals surface area contributed by atoms with Crippen LogP contribution in [0.5, 0.6) is 0 Å². The number of benzene rings is 1. The quantitative estimate of drug-likeness (QED) is 0.577. The van der Waals surface area contributed by atoms with Gasteiger partial charge in [0.05, 0.1) is 0 Å². The fourth-order valence-corrected chi connectivity index (χ4v) is 1.12. The minimum atomic E-state index is -1.48. The SMILES string of the molecule is CC(O)(OP=O)c1ccccc1. The van der Waals surface area contributed by atoms with Crippen molar-refractivity contribution in [1.82, 2.24) is 0 Å². The zero-order valence-electron chi connectivity index (χ0n) is 6.60. The van der Waals surface area contributed by atoms with Crippen molar-refractivity contribution in [3.05, 3.63) is 35.9 Å². The van der Waals surface area contributed by atoms with E-state index in [1.807, 2.05) is 6.07 Å².